The maximum absolute atomic E-state index is 15.0. The van der Waals surface area contributed by atoms with Crippen LogP contribution in [0.25, 0.3) is 0 Å². The molecule has 1 aliphatic heterocycles. The van der Waals surface area contributed by atoms with Crippen molar-refractivity contribution in [1.29, 1.82) is 0 Å². The number of aliphatic hydroxyl groups excluding tert-OH is 3. The highest BCUT2D eigenvalue weighted by Crippen LogP contribution is 2.64. The normalized spacial score (nSPS) is 33.7. The fourth-order valence-electron chi connectivity index (χ4n) is 9.59. The third kappa shape index (κ3) is 7.52. The molecule has 0 aromatic heterocycles. The predicted molar refractivity (Wildman–Crippen MR) is 215 cm³/mol. The van der Waals surface area contributed by atoms with Gasteiger partial charge >= 0.3 is 17.9 Å². The largest absolute Gasteiger partial charge is 0.456 e. The molecule has 2 bridgehead atoms. The van der Waals surface area contributed by atoms with Gasteiger partial charge in [0.05, 0.1) is 35.6 Å². The molecule has 2 aromatic rings. The summed E-state index contributed by atoms with van der Waals surface area (Å²) < 4.78 is 24.2. The number of carbonyl (C=O) groups excluding carboxylic acids is 5. The van der Waals surface area contributed by atoms with Crippen LogP contribution in [-0.4, -0.2) is 109 Å². The molecule has 15 heteroatoms. The number of fused-ring (bicyclic) bond motifs is 5. The van der Waals surface area contributed by atoms with E-state index in [0.717, 1.165) is 18.7 Å². The Bertz CT molecular complexity index is 1990. The van der Waals surface area contributed by atoms with Crippen molar-refractivity contribution in [3.05, 3.63) is 82.9 Å². The standard InChI is InChI=1S/C44H55NO13S/c1-22(2)24(4)59-40(53)45-32(26-15-11-9-12-16-26)34(49)39(52)56-28-20-44(54)37(57-38(51)27-17-13-10-14-18-27)35-42(8,36(50)33(48)31(23(28)3)41(44,6)7)29(47)19-30-43(35,21-55-30)58-25(5)46/h9-18,22,24,28-30,32-35,37,47-49,54H,19-21H2,1-8H3,(H,45,53)/t24?,28-,29-,30+,32-,33+,34+,35-,37-,42+,43-,44+/m0/s1. The first-order valence-corrected chi connectivity index (χ1v) is 20.8. The van der Waals surface area contributed by atoms with Crippen LogP contribution in [0, 0.1) is 22.7 Å². The maximum atomic E-state index is 15.0. The maximum Gasteiger partial charge on any atom is 0.338 e. The molecular formula is C44H55NO13S. The Balaban J connectivity index is 1.47. The summed E-state index contributed by atoms with van der Waals surface area (Å²) in [6, 6.07) is 15.0. The Morgan fingerprint density at radius 1 is 0.949 bits per heavy atom. The second-order valence-corrected chi connectivity index (χ2v) is 18.8. The molecule has 1 unspecified atom stereocenters. The highest BCUT2D eigenvalue weighted by Gasteiger charge is 2.78. The van der Waals surface area contributed by atoms with Crippen molar-refractivity contribution in [2.75, 3.05) is 6.61 Å². The molecule has 4 aliphatic rings. The van der Waals surface area contributed by atoms with Crippen LogP contribution in [0.1, 0.15) is 90.2 Å². The van der Waals surface area contributed by atoms with Crippen molar-refractivity contribution in [3.8, 4) is 0 Å². The third-order valence-electron chi connectivity index (χ3n) is 13.4. The molecule has 0 spiro atoms. The van der Waals surface area contributed by atoms with E-state index in [1.165, 1.54) is 26.0 Å². The Labute approximate surface area is 348 Å². The molecule has 12 atom stereocenters. The molecule has 2 saturated carbocycles. The summed E-state index contributed by atoms with van der Waals surface area (Å²) >= 11 is 1.02. The first kappa shape index (κ1) is 44.4. The van der Waals surface area contributed by atoms with E-state index >= 15 is 0 Å². The summed E-state index contributed by atoms with van der Waals surface area (Å²) in [5.41, 5.74) is -7.04. The summed E-state index contributed by atoms with van der Waals surface area (Å²) in [7, 11) is 0. The number of nitrogens with one attached hydrogen (secondary N) is 1. The monoisotopic (exact) mass is 837 g/mol. The molecule has 0 radical (unpaired) electrons. The highest BCUT2D eigenvalue weighted by atomic mass is 32.2. The van der Waals surface area contributed by atoms with Crippen LogP contribution in [0.4, 0.5) is 4.79 Å². The van der Waals surface area contributed by atoms with Gasteiger partial charge in [-0.05, 0) is 48.6 Å². The lowest BCUT2D eigenvalue weighted by Crippen LogP contribution is -2.81. The quantitative estimate of drug-likeness (QED) is 0.129. The van der Waals surface area contributed by atoms with E-state index in [0.29, 0.717) is 5.56 Å². The molecule has 6 rings (SSSR count). The summed E-state index contributed by atoms with van der Waals surface area (Å²) in [5.74, 6) is -5.11. The Kier molecular flexibility index (Phi) is 12.3. The highest BCUT2D eigenvalue weighted by molar-refractivity contribution is 8.14. The summed E-state index contributed by atoms with van der Waals surface area (Å²) in [6.45, 7) is 12.7. The molecule has 320 valence electrons. The molecule has 1 amide bonds. The molecule has 1 saturated heterocycles. The zero-order valence-electron chi connectivity index (χ0n) is 34.5. The number of aliphatic hydroxyl groups is 4. The van der Waals surface area contributed by atoms with Crippen LogP contribution in [-0.2, 0) is 33.3 Å². The first-order valence-electron chi connectivity index (χ1n) is 19.9. The summed E-state index contributed by atoms with van der Waals surface area (Å²) in [6.07, 6.45) is -10.4. The molecule has 5 N–H and O–H groups in total. The minimum atomic E-state index is -2.34. The van der Waals surface area contributed by atoms with Crippen molar-refractivity contribution in [2.24, 2.45) is 22.7 Å². The van der Waals surface area contributed by atoms with Crippen molar-refractivity contribution >= 4 is 40.7 Å². The SMILES string of the molecule is CC(=O)O[C@@]12CO[C@@H]1C[C@H](O)[C@@]1(C)C(=O)[C@H](O)C3=C(C)[C@@H](OC(=O)[C@H](O)[C@@H](NC(=O)SC(C)C(C)C)c4ccccc4)C[C@@](O)([C@@H](OC(=O)c4ccccc4)[C@H]21)C3(C)C. The van der Waals surface area contributed by atoms with Crippen LogP contribution < -0.4 is 5.32 Å². The Morgan fingerprint density at radius 2 is 1.56 bits per heavy atom. The fraction of sp³-hybridized carbons (Fsp3) is 0.568. The van der Waals surface area contributed by atoms with Crippen LogP contribution in [0.5, 0.6) is 0 Å². The van der Waals surface area contributed by atoms with Gasteiger partial charge in [-0.25, -0.2) is 9.59 Å². The van der Waals surface area contributed by atoms with Gasteiger partial charge in [-0.1, -0.05) is 94.9 Å². The van der Waals surface area contributed by atoms with Gasteiger partial charge in [0.2, 0.25) is 0 Å². The molecule has 14 nitrogen and oxygen atoms in total. The van der Waals surface area contributed by atoms with Gasteiger partial charge in [0.1, 0.15) is 30.0 Å². The second kappa shape index (κ2) is 16.4. The lowest BCUT2D eigenvalue weighted by atomic mass is 9.44. The van der Waals surface area contributed by atoms with Gasteiger partial charge in [-0.3, -0.25) is 14.4 Å². The molecule has 3 aliphatic carbocycles. The average molecular weight is 838 g/mol. The third-order valence-corrected chi connectivity index (χ3v) is 14.6. The van der Waals surface area contributed by atoms with Gasteiger partial charge in [-0.2, -0.15) is 0 Å². The number of carbonyl (C=O) groups is 5. The number of benzene rings is 2. The topological polar surface area (TPSA) is 215 Å². The van der Waals surface area contributed by atoms with Gasteiger partial charge in [-0.15, -0.1) is 0 Å². The molecular weight excluding hydrogens is 783 g/mol. The molecule has 59 heavy (non-hydrogen) atoms. The van der Waals surface area contributed by atoms with Gasteiger partial charge in [0, 0.05) is 30.4 Å². The number of Topliss-reactive ketones (excluding diaryl/α,β-unsaturated/α-hetero) is 1. The van der Waals surface area contributed by atoms with Crippen LogP contribution in [0.15, 0.2) is 71.8 Å². The molecule has 3 fully saturated rings. The summed E-state index contributed by atoms with van der Waals surface area (Å²) in [5, 5.41) is 51.4. The number of amides is 1. The van der Waals surface area contributed by atoms with E-state index in [-0.39, 0.29) is 40.9 Å². The number of hydrogen-bond acceptors (Lipinski definition) is 14. The first-order chi connectivity index (χ1) is 27.6. The smallest absolute Gasteiger partial charge is 0.338 e. The lowest BCUT2D eigenvalue weighted by molar-refractivity contribution is -0.346. The molecule has 1 heterocycles. The van der Waals surface area contributed by atoms with Crippen molar-refractivity contribution in [2.45, 2.75) is 127 Å². The summed E-state index contributed by atoms with van der Waals surface area (Å²) in [4.78, 5) is 69.3. The number of hydrogen-bond donors (Lipinski definition) is 5. The van der Waals surface area contributed by atoms with E-state index in [2.05, 4.69) is 5.32 Å². The van der Waals surface area contributed by atoms with Crippen LogP contribution in [0.3, 0.4) is 0 Å². The number of rotatable bonds is 10. The Hall–Kier alpha value is -4.12. The fourth-order valence-corrected chi connectivity index (χ4v) is 10.4. The van der Waals surface area contributed by atoms with Crippen LogP contribution >= 0.6 is 11.8 Å². The zero-order valence-corrected chi connectivity index (χ0v) is 35.4. The van der Waals surface area contributed by atoms with Gasteiger partial charge in [0.25, 0.3) is 5.24 Å². The minimum Gasteiger partial charge on any atom is -0.456 e. The predicted octanol–water partition coefficient (Wildman–Crippen LogP) is 4.22. The molecule has 2 aromatic carbocycles. The van der Waals surface area contributed by atoms with E-state index < -0.39 is 106 Å². The zero-order chi connectivity index (χ0) is 43.4. The van der Waals surface area contributed by atoms with Gasteiger partial charge in [0.15, 0.2) is 17.5 Å². The van der Waals surface area contributed by atoms with Crippen molar-refractivity contribution in [1.82, 2.24) is 5.32 Å². The number of thioether (sulfide) groups is 1. The number of esters is 3. The number of ketones is 1. The van der Waals surface area contributed by atoms with Crippen molar-refractivity contribution in [3.63, 3.8) is 0 Å². The van der Waals surface area contributed by atoms with E-state index in [1.807, 2.05) is 20.8 Å². The van der Waals surface area contributed by atoms with E-state index in [4.69, 9.17) is 18.9 Å². The van der Waals surface area contributed by atoms with Gasteiger partial charge < -0.3 is 44.7 Å². The van der Waals surface area contributed by atoms with Crippen LogP contribution in [0.2, 0.25) is 0 Å². The van der Waals surface area contributed by atoms with Crippen molar-refractivity contribution < 1.29 is 63.3 Å². The Morgan fingerprint density at radius 3 is 2.12 bits per heavy atom. The number of ether oxygens (including phenoxy) is 4. The van der Waals surface area contributed by atoms with E-state index in [1.54, 1.807) is 62.4 Å². The average Bonchev–Trinajstić information content (AvgIpc) is 3.18. The lowest BCUT2D eigenvalue weighted by Gasteiger charge is -2.67. The van der Waals surface area contributed by atoms with E-state index in [9.17, 15) is 44.4 Å². The second-order valence-electron chi connectivity index (χ2n) is 17.4. The minimum absolute atomic E-state index is 0.0447.